The predicted molar refractivity (Wildman–Crippen MR) is 79.6 cm³/mol. The summed E-state index contributed by atoms with van der Waals surface area (Å²) >= 11 is 0. The van der Waals surface area contributed by atoms with E-state index < -0.39 is 0 Å². The van der Waals surface area contributed by atoms with Crippen molar-refractivity contribution >= 4 is 5.91 Å². The van der Waals surface area contributed by atoms with Gasteiger partial charge in [0, 0.05) is 24.2 Å². The minimum absolute atomic E-state index is 0.0480. The van der Waals surface area contributed by atoms with Gasteiger partial charge in [-0.25, -0.2) is 0 Å². The maximum Gasteiger partial charge on any atom is 0.258 e. The molecule has 5 heteroatoms. The Morgan fingerprint density at radius 3 is 2.71 bits per heavy atom. The van der Waals surface area contributed by atoms with Gasteiger partial charge in [-0.2, -0.15) is 0 Å². The Labute approximate surface area is 125 Å². The zero-order valence-electron chi connectivity index (χ0n) is 12.3. The molecule has 1 aromatic carbocycles. The maximum absolute atomic E-state index is 12.0. The van der Waals surface area contributed by atoms with Crippen molar-refractivity contribution in [3.8, 4) is 11.5 Å². The molecule has 2 heterocycles. The lowest BCUT2D eigenvalue weighted by atomic mass is 10.00. The molecule has 21 heavy (non-hydrogen) atoms. The molecule has 2 aliphatic rings. The van der Waals surface area contributed by atoms with E-state index in [-0.39, 0.29) is 18.6 Å². The number of nitrogens with one attached hydrogen (secondary N) is 2. The fraction of sp³-hybridized carbons (Fsp3) is 0.562. The number of carbonyl (C=O) groups is 1. The van der Waals surface area contributed by atoms with E-state index in [4.69, 9.17) is 9.47 Å². The van der Waals surface area contributed by atoms with Gasteiger partial charge in [-0.1, -0.05) is 6.07 Å². The molecule has 2 unspecified atom stereocenters. The Kier molecular flexibility index (Phi) is 4.29. The molecule has 0 aromatic heterocycles. The van der Waals surface area contributed by atoms with Crippen LogP contribution in [0.3, 0.4) is 0 Å². The molecule has 0 saturated carbocycles. The molecule has 114 valence electrons. The van der Waals surface area contributed by atoms with Crippen LogP contribution in [0.2, 0.25) is 0 Å². The summed E-state index contributed by atoms with van der Waals surface area (Å²) in [4.78, 5) is 12.0. The molecule has 2 aliphatic heterocycles. The highest BCUT2D eigenvalue weighted by Crippen LogP contribution is 2.26. The van der Waals surface area contributed by atoms with Gasteiger partial charge < -0.3 is 20.1 Å². The van der Waals surface area contributed by atoms with E-state index in [1.807, 2.05) is 18.2 Å². The monoisotopic (exact) mass is 290 g/mol. The Morgan fingerprint density at radius 2 is 2.00 bits per heavy atom. The minimum Gasteiger partial charge on any atom is -0.497 e. The van der Waals surface area contributed by atoms with Crippen LogP contribution in [0, 0.1) is 0 Å². The average molecular weight is 290 g/mol. The molecular formula is C16H22N2O3. The van der Waals surface area contributed by atoms with Gasteiger partial charge >= 0.3 is 0 Å². The van der Waals surface area contributed by atoms with Gasteiger partial charge in [0.15, 0.2) is 6.61 Å². The highest BCUT2D eigenvalue weighted by Gasteiger charge is 2.33. The standard InChI is InChI=1S/C16H22N2O3/c1-20-14-3-2-4-15(9-14)21-10-16(19)18-13-7-11-5-6-12(8-13)17-11/h2-4,9,11-13,17H,5-8,10H2,1H3,(H,18,19). The Balaban J connectivity index is 1.46. The van der Waals surface area contributed by atoms with Crippen LogP contribution in [0.4, 0.5) is 0 Å². The van der Waals surface area contributed by atoms with Crippen molar-refractivity contribution in [1.29, 1.82) is 0 Å². The van der Waals surface area contributed by atoms with E-state index in [9.17, 15) is 4.79 Å². The first kappa shape index (κ1) is 14.2. The van der Waals surface area contributed by atoms with E-state index in [0.717, 1.165) is 18.6 Å². The minimum atomic E-state index is -0.0517. The zero-order chi connectivity index (χ0) is 14.7. The summed E-state index contributed by atoms with van der Waals surface area (Å²) in [6.07, 6.45) is 4.53. The van der Waals surface area contributed by atoms with Crippen LogP contribution in [-0.2, 0) is 4.79 Å². The first-order valence-electron chi connectivity index (χ1n) is 7.55. The summed E-state index contributed by atoms with van der Waals surface area (Å²) in [5.41, 5.74) is 0. The maximum atomic E-state index is 12.0. The number of benzene rings is 1. The van der Waals surface area contributed by atoms with E-state index in [1.54, 1.807) is 13.2 Å². The lowest BCUT2D eigenvalue weighted by molar-refractivity contribution is -0.124. The largest absolute Gasteiger partial charge is 0.497 e. The Morgan fingerprint density at radius 1 is 1.29 bits per heavy atom. The first-order chi connectivity index (χ1) is 10.2. The fourth-order valence-corrected chi connectivity index (χ4v) is 3.28. The van der Waals surface area contributed by atoms with Crippen molar-refractivity contribution in [2.45, 2.75) is 43.8 Å². The van der Waals surface area contributed by atoms with Crippen LogP contribution in [0.1, 0.15) is 25.7 Å². The highest BCUT2D eigenvalue weighted by molar-refractivity contribution is 5.77. The molecular weight excluding hydrogens is 268 g/mol. The highest BCUT2D eigenvalue weighted by atomic mass is 16.5. The molecule has 1 aromatic rings. The normalized spacial score (nSPS) is 27.2. The van der Waals surface area contributed by atoms with Gasteiger partial charge in [0.2, 0.25) is 0 Å². The topological polar surface area (TPSA) is 59.6 Å². The van der Waals surface area contributed by atoms with E-state index >= 15 is 0 Å². The van der Waals surface area contributed by atoms with Gasteiger partial charge in [0.25, 0.3) is 5.91 Å². The lowest BCUT2D eigenvalue weighted by Gasteiger charge is -2.29. The number of hydrogen-bond donors (Lipinski definition) is 2. The second-order valence-electron chi connectivity index (χ2n) is 5.84. The van der Waals surface area contributed by atoms with E-state index in [2.05, 4.69) is 10.6 Å². The number of hydrogen-bond acceptors (Lipinski definition) is 4. The van der Waals surface area contributed by atoms with E-state index in [0.29, 0.717) is 17.8 Å². The van der Waals surface area contributed by atoms with Gasteiger partial charge in [0.1, 0.15) is 11.5 Å². The molecule has 3 rings (SSSR count). The summed E-state index contributed by atoms with van der Waals surface area (Å²) in [6.45, 7) is 0.0480. The lowest BCUT2D eigenvalue weighted by Crippen LogP contribution is -2.48. The Bertz CT molecular complexity index is 494. The number of ether oxygens (including phenoxy) is 2. The van der Waals surface area contributed by atoms with Crippen molar-refractivity contribution in [2.24, 2.45) is 0 Å². The zero-order valence-corrected chi connectivity index (χ0v) is 12.3. The number of rotatable bonds is 5. The molecule has 2 atom stereocenters. The third-order valence-corrected chi connectivity index (χ3v) is 4.25. The van der Waals surface area contributed by atoms with Crippen molar-refractivity contribution in [2.75, 3.05) is 13.7 Å². The summed E-state index contributed by atoms with van der Waals surface area (Å²) in [5.74, 6) is 1.32. The van der Waals surface area contributed by atoms with Gasteiger partial charge in [-0.15, -0.1) is 0 Å². The first-order valence-corrected chi connectivity index (χ1v) is 7.55. The van der Waals surface area contributed by atoms with Crippen LogP contribution in [0.15, 0.2) is 24.3 Å². The smallest absolute Gasteiger partial charge is 0.258 e. The van der Waals surface area contributed by atoms with Crippen LogP contribution in [-0.4, -0.2) is 37.7 Å². The molecule has 2 bridgehead atoms. The molecule has 2 N–H and O–H groups in total. The van der Waals surface area contributed by atoms with Gasteiger partial charge in [-0.05, 0) is 37.8 Å². The van der Waals surface area contributed by atoms with Crippen LogP contribution in [0.25, 0.3) is 0 Å². The number of fused-ring (bicyclic) bond motifs is 2. The molecule has 0 aliphatic carbocycles. The summed E-state index contributed by atoms with van der Waals surface area (Å²) in [6, 6.07) is 8.72. The quantitative estimate of drug-likeness (QED) is 0.862. The summed E-state index contributed by atoms with van der Waals surface area (Å²) < 4.78 is 10.6. The Hall–Kier alpha value is -1.75. The predicted octanol–water partition coefficient (Wildman–Crippen LogP) is 1.47. The summed E-state index contributed by atoms with van der Waals surface area (Å²) in [5, 5.41) is 6.65. The molecule has 0 spiro atoms. The van der Waals surface area contributed by atoms with Gasteiger partial charge in [0.05, 0.1) is 7.11 Å². The van der Waals surface area contributed by atoms with Crippen LogP contribution < -0.4 is 20.1 Å². The molecule has 1 amide bonds. The van der Waals surface area contributed by atoms with Crippen molar-refractivity contribution < 1.29 is 14.3 Å². The van der Waals surface area contributed by atoms with Gasteiger partial charge in [-0.3, -0.25) is 4.79 Å². The number of piperidine rings is 1. The van der Waals surface area contributed by atoms with Crippen molar-refractivity contribution in [3.05, 3.63) is 24.3 Å². The number of carbonyl (C=O) groups excluding carboxylic acids is 1. The average Bonchev–Trinajstić information content (AvgIpc) is 2.84. The molecule has 2 fully saturated rings. The molecule has 2 saturated heterocycles. The fourth-order valence-electron chi connectivity index (χ4n) is 3.28. The van der Waals surface area contributed by atoms with Crippen LogP contribution >= 0.6 is 0 Å². The van der Waals surface area contributed by atoms with Crippen molar-refractivity contribution in [1.82, 2.24) is 10.6 Å². The number of methoxy groups -OCH3 is 1. The van der Waals surface area contributed by atoms with Crippen molar-refractivity contribution in [3.63, 3.8) is 0 Å². The molecule has 5 nitrogen and oxygen atoms in total. The number of amides is 1. The second kappa shape index (κ2) is 6.35. The molecule has 0 radical (unpaired) electrons. The summed E-state index contributed by atoms with van der Waals surface area (Å²) in [7, 11) is 1.61. The van der Waals surface area contributed by atoms with E-state index in [1.165, 1.54) is 12.8 Å². The SMILES string of the molecule is COc1cccc(OCC(=O)NC2CC3CCC(C2)N3)c1. The third-order valence-electron chi connectivity index (χ3n) is 4.25. The van der Waals surface area contributed by atoms with Crippen LogP contribution in [0.5, 0.6) is 11.5 Å². The second-order valence-corrected chi connectivity index (χ2v) is 5.84. The third kappa shape index (κ3) is 3.67.